The van der Waals surface area contributed by atoms with Gasteiger partial charge in [-0.05, 0) is 110 Å². The van der Waals surface area contributed by atoms with Crippen LogP contribution in [0, 0.1) is 0 Å². The number of allylic oxidation sites excluding steroid dienone is 1. The minimum atomic E-state index is 0.212. The van der Waals surface area contributed by atoms with Crippen molar-refractivity contribution in [2.75, 3.05) is 0 Å². The Morgan fingerprint density at radius 3 is 1.88 bits per heavy atom. The minimum absolute atomic E-state index is 0.212. The first kappa shape index (κ1) is 28.8. The Labute approximate surface area is 282 Å². The highest BCUT2D eigenvalue weighted by molar-refractivity contribution is 6.21. The first-order chi connectivity index (χ1) is 23.8. The molecule has 2 nitrogen and oxygen atoms in total. The standard InChI is InChI=1S/C46H38N2/c1-2-11-31(12-3-1)32-20-24-34(25-21-32)45-38-13-4-6-15-40(38)46(41-16-7-5-14-39(41)45)36-27-23-33-22-26-35(29-37(33)30-36)42-18-10-19-44(48-42)43-17-8-9-28-47-43/h4-10,13-28,30-31,35H,1-3,11-12,29H2. The maximum atomic E-state index is 5.06. The number of fused-ring (bicyclic) bond motifs is 3. The van der Waals surface area contributed by atoms with Crippen LogP contribution in [-0.2, 0) is 6.42 Å². The first-order valence-electron chi connectivity index (χ1n) is 17.5. The lowest BCUT2D eigenvalue weighted by Gasteiger charge is -2.23. The van der Waals surface area contributed by atoms with Gasteiger partial charge in [0.15, 0.2) is 0 Å². The summed E-state index contributed by atoms with van der Waals surface area (Å²) in [6, 6.07) is 46.9. The van der Waals surface area contributed by atoms with Gasteiger partial charge in [-0.2, -0.15) is 0 Å². The van der Waals surface area contributed by atoms with E-state index in [0.717, 1.165) is 23.5 Å². The van der Waals surface area contributed by atoms with Crippen molar-refractivity contribution in [1.82, 2.24) is 9.97 Å². The van der Waals surface area contributed by atoms with Gasteiger partial charge in [-0.25, -0.2) is 0 Å². The van der Waals surface area contributed by atoms with E-state index in [-0.39, 0.29) is 5.92 Å². The van der Waals surface area contributed by atoms with Gasteiger partial charge in [0.25, 0.3) is 0 Å². The van der Waals surface area contributed by atoms with Crippen LogP contribution in [0.25, 0.3) is 61.3 Å². The first-order valence-corrected chi connectivity index (χ1v) is 17.5. The Kier molecular flexibility index (Phi) is 7.43. The maximum absolute atomic E-state index is 5.06. The molecule has 0 amide bonds. The molecule has 0 bridgehead atoms. The number of rotatable bonds is 5. The van der Waals surface area contributed by atoms with Crippen LogP contribution in [0.3, 0.4) is 0 Å². The van der Waals surface area contributed by atoms with Crippen molar-refractivity contribution >= 4 is 27.6 Å². The van der Waals surface area contributed by atoms with E-state index in [1.54, 1.807) is 0 Å². The molecular weight excluding hydrogens is 581 g/mol. The zero-order valence-corrected chi connectivity index (χ0v) is 27.1. The SMILES string of the molecule is C1=CC(c2cccc(-c3ccccn3)n2)Cc2cc(-c3c4ccccc4c(-c4ccc(C5CCCCC5)cc4)c4ccccc34)ccc21. The van der Waals surface area contributed by atoms with Gasteiger partial charge in [0.1, 0.15) is 0 Å². The topological polar surface area (TPSA) is 25.8 Å². The highest BCUT2D eigenvalue weighted by Gasteiger charge is 2.21. The molecule has 2 aliphatic carbocycles. The third-order valence-corrected chi connectivity index (χ3v) is 10.7. The molecule has 1 atom stereocenters. The number of benzene rings is 5. The van der Waals surface area contributed by atoms with Crippen LogP contribution in [0.4, 0.5) is 0 Å². The van der Waals surface area contributed by atoms with E-state index in [0.29, 0.717) is 5.92 Å². The van der Waals surface area contributed by atoms with E-state index >= 15 is 0 Å². The molecule has 2 aliphatic rings. The zero-order chi connectivity index (χ0) is 31.9. The number of aromatic nitrogens is 2. The summed E-state index contributed by atoms with van der Waals surface area (Å²) in [6.07, 6.45) is 14.1. The highest BCUT2D eigenvalue weighted by Crippen LogP contribution is 2.45. The lowest BCUT2D eigenvalue weighted by molar-refractivity contribution is 0.443. The van der Waals surface area contributed by atoms with Crippen LogP contribution in [-0.4, -0.2) is 9.97 Å². The molecule has 5 aromatic carbocycles. The zero-order valence-electron chi connectivity index (χ0n) is 27.1. The summed E-state index contributed by atoms with van der Waals surface area (Å²) in [7, 11) is 0. The van der Waals surface area contributed by atoms with E-state index in [2.05, 4.69) is 126 Å². The Morgan fingerprint density at radius 1 is 0.542 bits per heavy atom. The van der Waals surface area contributed by atoms with E-state index in [9.17, 15) is 0 Å². The average Bonchev–Trinajstić information content (AvgIpc) is 3.17. The van der Waals surface area contributed by atoms with E-state index < -0.39 is 0 Å². The molecule has 0 saturated heterocycles. The minimum Gasteiger partial charge on any atom is -0.255 e. The molecule has 1 saturated carbocycles. The van der Waals surface area contributed by atoms with Gasteiger partial charge in [-0.15, -0.1) is 0 Å². The van der Waals surface area contributed by atoms with Gasteiger partial charge in [0.2, 0.25) is 0 Å². The second kappa shape index (κ2) is 12.4. The average molecular weight is 619 g/mol. The quantitative estimate of drug-likeness (QED) is 0.179. The van der Waals surface area contributed by atoms with Crippen molar-refractivity contribution < 1.29 is 0 Å². The molecule has 232 valence electrons. The summed E-state index contributed by atoms with van der Waals surface area (Å²) in [4.78, 5) is 9.59. The Balaban J connectivity index is 1.12. The van der Waals surface area contributed by atoms with Gasteiger partial charge in [-0.3, -0.25) is 9.97 Å². The van der Waals surface area contributed by atoms with E-state index in [4.69, 9.17) is 4.98 Å². The Hall–Kier alpha value is -5.34. The third kappa shape index (κ3) is 5.22. The third-order valence-electron chi connectivity index (χ3n) is 10.7. The van der Waals surface area contributed by atoms with Crippen molar-refractivity contribution in [3.8, 4) is 33.6 Å². The summed E-state index contributed by atoms with van der Waals surface area (Å²) in [6.45, 7) is 0. The molecule has 0 radical (unpaired) electrons. The fourth-order valence-corrected chi connectivity index (χ4v) is 8.25. The summed E-state index contributed by atoms with van der Waals surface area (Å²) < 4.78 is 0. The Bertz CT molecular complexity index is 2240. The highest BCUT2D eigenvalue weighted by atomic mass is 14.8. The molecule has 1 fully saturated rings. The van der Waals surface area contributed by atoms with Crippen LogP contribution in [0.1, 0.15) is 66.3 Å². The predicted molar refractivity (Wildman–Crippen MR) is 201 cm³/mol. The molecule has 0 aliphatic heterocycles. The largest absolute Gasteiger partial charge is 0.255 e. The summed E-state index contributed by atoms with van der Waals surface area (Å²) in [5, 5.41) is 5.22. The number of pyridine rings is 2. The van der Waals surface area contributed by atoms with Crippen LogP contribution in [0.15, 0.2) is 140 Å². The van der Waals surface area contributed by atoms with Crippen LogP contribution < -0.4 is 0 Å². The second-order valence-electron chi connectivity index (χ2n) is 13.5. The van der Waals surface area contributed by atoms with E-state index in [1.807, 2.05) is 24.4 Å². The van der Waals surface area contributed by atoms with Gasteiger partial charge in [-0.1, -0.05) is 135 Å². The lowest BCUT2D eigenvalue weighted by atomic mass is 9.82. The summed E-state index contributed by atoms with van der Waals surface area (Å²) >= 11 is 0. The summed E-state index contributed by atoms with van der Waals surface area (Å²) in [5.74, 6) is 0.923. The molecule has 0 spiro atoms. The monoisotopic (exact) mass is 618 g/mol. The molecule has 48 heavy (non-hydrogen) atoms. The lowest BCUT2D eigenvalue weighted by Crippen LogP contribution is -2.08. The van der Waals surface area contributed by atoms with Gasteiger partial charge < -0.3 is 0 Å². The van der Waals surface area contributed by atoms with E-state index in [1.165, 1.54) is 92.6 Å². The molecule has 2 aromatic heterocycles. The van der Waals surface area contributed by atoms with Crippen LogP contribution in [0.2, 0.25) is 0 Å². The van der Waals surface area contributed by atoms with Crippen molar-refractivity contribution in [2.24, 2.45) is 0 Å². The molecule has 1 unspecified atom stereocenters. The summed E-state index contributed by atoms with van der Waals surface area (Å²) in [5.41, 5.74) is 12.3. The predicted octanol–water partition coefficient (Wildman–Crippen LogP) is 12.2. The van der Waals surface area contributed by atoms with Gasteiger partial charge in [0.05, 0.1) is 11.4 Å². The molecule has 2 heteroatoms. The maximum Gasteiger partial charge on any atom is 0.0889 e. The van der Waals surface area contributed by atoms with Crippen molar-refractivity contribution in [2.45, 2.75) is 50.4 Å². The number of nitrogens with zero attached hydrogens (tertiary/aromatic N) is 2. The smallest absolute Gasteiger partial charge is 0.0889 e. The van der Waals surface area contributed by atoms with Crippen LogP contribution >= 0.6 is 0 Å². The molecule has 7 aromatic rings. The number of hydrogen-bond donors (Lipinski definition) is 0. The van der Waals surface area contributed by atoms with Gasteiger partial charge >= 0.3 is 0 Å². The van der Waals surface area contributed by atoms with Crippen molar-refractivity contribution in [1.29, 1.82) is 0 Å². The van der Waals surface area contributed by atoms with Crippen molar-refractivity contribution in [3.05, 3.63) is 162 Å². The molecule has 2 heterocycles. The fraction of sp³-hybridized carbons (Fsp3) is 0.174. The second-order valence-corrected chi connectivity index (χ2v) is 13.5. The van der Waals surface area contributed by atoms with Gasteiger partial charge in [0, 0.05) is 17.8 Å². The fourth-order valence-electron chi connectivity index (χ4n) is 8.25. The molecule has 9 rings (SSSR count). The van der Waals surface area contributed by atoms with Crippen LogP contribution in [0.5, 0.6) is 0 Å². The van der Waals surface area contributed by atoms with Crippen molar-refractivity contribution in [3.63, 3.8) is 0 Å². The Morgan fingerprint density at radius 2 is 1.19 bits per heavy atom. The molecular formula is C46H38N2. The molecule has 0 N–H and O–H groups in total. The number of hydrogen-bond acceptors (Lipinski definition) is 2. The normalized spacial score (nSPS) is 16.3.